The lowest BCUT2D eigenvalue weighted by molar-refractivity contribution is -0.0489. The Morgan fingerprint density at radius 1 is 0.860 bits per heavy atom. The fourth-order valence-electron chi connectivity index (χ4n) is 5.07. The summed E-state index contributed by atoms with van der Waals surface area (Å²) in [5.41, 5.74) is 9.63. The first-order valence-corrected chi connectivity index (χ1v) is 14.0. The predicted molar refractivity (Wildman–Crippen MR) is 142 cm³/mol. The lowest BCUT2D eigenvalue weighted by atomic mass is 10.1. The summed E-state index contributed by atoms with van der Waals surface area (Å²) in [7, 11) is -4.47. The van der Waals surface area contributed by atoms with Crippen molar-refractivity contribution in [2.75, 3.05) is 24.6 Å². The van der Waals surface area contributed by atoms with E-state index in [1.807, 2.05) is 0 Å². The maximum Gasteiger partial charge on any atom is 0.280 e. The Balaban J connectivity index is 1.16. The molecule has 4 aromatic heterocycles. The van der Waals surface area contributed by atoms with Gasteiger partial charge in [-0.2, -0.15) is 27.8 Å². The van der Waals surface area contributed by atoms with E-state index in [-0.39, 0.29) is 34.2 Å². The van der Waals surface area contributed by atoms with Crippen molar-refractivity contribution in [1.29, 1.82) is 0 Å². The first kappa shape index (κ1) is 29.0. The number of anilines is 2. The minimum absolute atomic E-state index is 0.0339. The monoisotopic (exact) mass is 626 g/mol. The summed E-state index contributed by atoms with van der Waals surface area (Å²) in [6.45, 7) is -1.26. The summed E-state index contributed by atoms with van der Waals surface area (Å²) < 4.78 is 44.0. The first-order chi connectivity index (χ1) is 20.4. The topological polar surface area (TPSA) is 337 Å². The molecule has 0 unspecified atom stereocenters. The van der Waals surface area contributed by atoms with Crippen molar-refractivity contribution in [3.8, 4) is 0 Å². The molecular weight excluding hydrogens is 600 g/mol. The summed E-state index contributed by atoms with van der Waals surface area (Å²) >= 11 is 0. The molecule has 232 valence electrons. The minimum atomic E-state index is -4.47. The van der Waals surface area contributed by atoms with Crippen LogP contribution in [0.4, 0.5) is 11.9 Å². The lowest BCUT2D eigenvalue weighted by Crippen LogP contribution is -2.53. The molecule has 0 aliphatic carbocycles. The third-order valence-corrected chi connectivity index (χ3v) is 8.24. The van der Waals surface area contributed by atoms with Crippen LogP contribution < -0.4 is 32.0 Å². The zero-order chi connectivity index (χ0) is 30.8. The van der Waals surface area contributed by atoms with Gasteiger partial charge in [0.25, 0.3) is 21.3 Å². The lowest BCUT2D eigenvalue weighted by Gasteiger charge is -2.22. The molecule has 4 aromatic rings. The molecule has 0 bridgehead atoms. The van der Waals surface area contributed by atoms with Gasteiger partial charge in [-0.25, -0.2) is 9.97 Å². The maximum atomic E-state index is 13.0. The largest absolute Gasteiger partial charge is 0.394 e. The van der Waals surface area contributed by atoms with Gasteiger partial charge in [-0.1, -0.05) is 0 Å². The van der Waals surface area contributed by atoms with E-state index >= 15 is 0 Å². The number of nitrogen functional groups attached to an aromatic ring is 2. The maximum absolute atomic E-state index is 13.0. The van der Waals surface area contributed by atoms with E-state index in [0.29, 0.717) is 0 Å². The second-order valence-electron chi connectivity index (χ2n) is 9.83. The van der Waals surface area contributed by atoms with Crippen LogP contribution in [0.15, 0.2) is 22.2 Å². The first-order valence-electron chi connectivity index (χ1n) is 12.6. The molecule has 12 N–H and O–H groups in total. The molecule has 23 heteroatoms. The fourth-order valence-corrected chi connectivity index (χ4v) is 6.19. The number of nitrogens with two attached hydrogens (primary N) is 2. The summed E-state index contributed by atoms with van der Waals surface area (Å²) in [6.07, 6.45) is -7.63. The third kappa shape index (κ3) is 5.00. The highest BCUT2D eigenvalue weighted by Gasteiger charge is 2.48. The molecule has 0 amide bonds. The normalized spacial score (nSPS) is 29.7. The number of fused-ring (bicyclic) bond motifs is 2. The molecule has 8 atom stereocenters. The molecule has 0 radical (unpaired) electrons. The fraction of sp³-hybridized carbons (Fsp3) is 0.500. The van der Waals surface area contributed by atoms with Crippen LogP contribution in [-0.4, -0.2) is 118 Å². The molecule has 2 aliphatic heterocycles. The van der Waals surface area contributed by atoms with E-state index < -0.39 is 83.5 Å². The summed E-state index contributed by atoms with van der Waals surface area (Å²) in [4.78, 5) is 44.6. The van der Waals surface area contributed by atoms with E-state index in [4.69, 9.17) is 20.9 Å². The SMILES string of the molecule is Nc1nc2c(ncn2[C@@H]2O[C@H](CNS(=O)(=O)N[C@H]3[C@@H](O)[C@H](n4cnc5c(=O)[nH]c(N)nc54)O[C@@H]3CO)[C@@H](O)[C@H]2O)c(=O)[nH]1. The molecule has 22 nitrogen and oxygen atoms in total. The Bertz CT molecular complexity index is 1910. The standard InChI is InChI=1S/C20H26N12O10S/c21-19-26-13-8(15(37)28-19)23-3-31(13)17-11(35)7(6(2-33)42-17)30-43(39,40)25-1-5-10(34)12(36)18(41-5)32-4-24-9-14(32)27-20(22)29-16(9)38/h3-7,10-12,17-18,25,30,33-36H,1-2H2,(H3,21,26,28,37)(H3,22,27,29,38)/t5-,6-,7-,10-,11-,12-,17-,18-/m1/s1. The van der Waals surface area contributed by atoms with E-state index in [1.165, 1.54) is 9.13 Å². The Hall–Kier alpha value is -4.07. The number of nitrogens with one attached hydrogen (secondary N) is 4. The van der Waals surface area contributed by atoms with Crippen molar-refractivity contribution >= 4 is 44.4 Å². The van der Waals surface area contributed by atoms with Crippen LogP contribution in [0.25, 0.3) is 22.3 Å². The number of aliphatic hydroxyl groups is 4. The van der Waals surface area contributed by atoms with Crippen LogP contribution in [0.2, 0.25) is 0 Å². The van der Waals surface area contributed by atoms with Gasteiger partial charge in [0.15, 0.2) is 34.8 Å². The Labute approximate surface area is 238 Å². The van der Waals surface area contributed by atoms with Crippen LogP contribution in [0.5, 0.6) is 0 Å². The van der Waals surface area contributed by atoms with Crippen molar-refractivity contribution < 1.29 is 38.3 Å². The molecule has 6 heterocycles. The van der Waals surface area contributed by atoms with Gasteiger partial charge in [0.2, 0.25) is 11.9 Å². The third-order valence-electron chi connectivity index (χ3n) is 7.11. The Morgan fingerprint density at radius 2 is 1.37 bits per heavy atom. The molecule has 0 aromatic carbocycles. The number of hydrogen-bond donors (Lipinski definition) is 10. The summed E-state index contributed by atoms with van der Waals surface area (Å²) in [6, 6.07) is -1.40. The van der Waals surface area contributed by atoms with Gasteiger partial charge in [-0.3, -0.25) is 28.7 Å². The van der Waals surface area contributed by atoms with Crippen LogP contribution in [0.3, 0.4) is 0 Å². The Kier molecular flexibility index (Phi) is 7.14. The van der Waals surface area contributed by atoms with E-state index in [1.54, 1.807) is 0 Å². The molecule has 0 spiro atoms. The van der Waals surface area contributed by atoms with Gasteiger partial charge < -0.3 is 41.4 Å². The van der Waals surface area contributed by atoms with Crippen molar-refractivity contribution in [1.82, 2.24) is 48.5 Å². The average molecular weight is 627 g/mol. The van der Waals surface area contributed by atoms with Crippen molar-refractivity contribution in [3.63, 3.8) is 0 Å². The number of aliphatic hydroxyl groups excluding tert-OH is 4. The molecule has 2 aliphatic rings. The van der Waals surface area contributed by atoms with Crippen LogP contribution in [-0.2, 0) is 19.7 Å². The number of aromatic amines is 2. The highest BCUT2D eigenvalue weighted by Crippen LogP contribution is 2.32. The number of aromatic nitrogens is 8. The number of ether oxygens (including phenoxy) is 2. The van der Waals surface area contributed by atoms with Gasteiger partial charge in [-0.15, -0.1) is 0 Å². The number of imidazole rings is 2. The van der Waals surface area contributed by atoms with Gasteiger partial charge in [-0.05, 0) is 0 Å². The number of nitrogens with zero attached hydrogens (tertiary/aromatic N) is 6. The predicted octanol–water partition coefficient (Wildman–Crippen LogP) is -5.92. The molecule has 43 heavy (non-hydrogen) atoms. The van der Waals surface area contributed by atoms with Crippen molar-refractivity contribution in [3.05, 3.63) is 33.4 Å². The van der Waals surface area contributed by atoms with E-state index in [9.17, 15) is 38.4 Å². The smallest absolute Gasteiger partial charge is 0.280 e. The number of hydrogen-bond acceptors (Lipinski definition) is 16. The second kappa shape index (κ2) is 10.6. The minimum Gasteiger partial charge on any atom is -0.394 e. The highest BCUT2D eigenvalue weighted by atomic mass is 32.2. The van der Waals surface area contributed by atoms with Gasteiger partial charge in [0.1, 0.15) is 30.5 Å². The summed E-state index contributed by atoms with van der Waals surface area (Å²) in [5.74, 6) is -0.453. The quantitative estimate of drug-likeness (QED) is 0.0870. The highest BCUT2D eigenvalue weighted by molar-refractivity contribution is 7.87. The second-order valence-corrected chi connectivity index (χ2v) is 11.4. The number of H-pyrrole nitrogens is 2. The molecule has 6 rings (SSSR count). The van der Waals surface area contributed by atoms with Crippen molar-refractivity contribution in [2.24, 2.45) is 0 Å². The Morgan fingerprint density at radius 3 is 1.91 bits per heavy atom. The van der Waals surface area contributed by atoms with Gasteiger partial charge in [0, 0.05) is 6.54 Å². The average Bonchev–Trinajstić information content (AvgIpc) is 3.69. The number of rotatable bonds is 8. The molecular formula is C20H26N12O10S. The van der Waals surface area contributed by atoms with E-state index in [2.05, 4.69) is 39.3 Å². The van der Waals surface area contributed by atoms with Crippen LogP contribution in [0, 0.1) is 0 Å². The van der Waals surface area contributed by atoms with Crippen molar-refractivity contribution in [2.45, 2.75) is 49.0 Å². The van der Waals surface area contributed by atoms with E-state index in [0.717, 1.165) is 12.7 Å². The van der Waals surface area contributed by atoms with Crippen LogP contribution in [0.1, 0.15) is 12.5 Å². The van der Waals surface area contributed by atoms with Gasteiger partial charge in [0.05, 0.1) is 25.3 Å². The zero-order valence-electron chi connectivity index (χ0n) is 21.7. The molecule has 2 fully saturated rings. The molecule has 2 saturated heterocycles. The zero-order valence-corrected chi connectivity index (χ0v) is 22.5. The summed E-state index contributed by atoms with van der Waals surface area (Å²) in [5, 5.41) is 42.0. The van der Waals surface area contributed by atoms with Crippen LogP contribution >= 0.6 is 0 Å². The molecule has 0 saturated carbocycles. The van der Waals surface area contributed by atoms with Gasteiger partial charge >= 0.3 is 0 Å².